The third-order valence-electron chi connectivity index (χ3n) is 5.44. The van der Waals surface area contributed by atoms with Gasteiger partial charge in [0, 0.05) is 24.0 Å². The molecule has 4 aromatic rings. The number of anilines is 1. The van der Waals surface area contributed by atoms with Crippen molar-refractivity contribution in [3.63, 3.8) is 0 Å². The van der Waals surface area contributed by atoms with E-state index < -0.39 is 0 Å². The number of benzene rings is 3. The standard InChI is InChI=1S/C25H23N3O/c1-2-29-21-13-11-19(12-14-21)24-26-23-10-6-5-9-22(23)25(27-24)28-16-15-18-7-3-4-8-20(18)17-28/h3-14H,2,15-17H2,1H3. The normalized spacial score (nSPS) is 13.3. The monoisotopic (exact) mass is 381 g/mol. The fourth-order valence-electron chi connectivity index (χ4n) is 3.97. The average Bonchev–Trinajstić information content (AvgIpc) is 2.79. The second-order valence-electron chi connectivity index (χ2n) is 7.29. The van der Waals surface area contributed by atoms with Crippen molar-refractivity contribution in [2.24, 2.45) is 0 Å². The predicted octanol–water partition coefficient (Wildman–Crippen LogP) is 5.26. The quantitative estimate of drug-likeness (QED) is 0.483. The summed E-state index contributed by atoms with van der Waals surface area (Å²) in [6, 6.07) is 25.0. The molecule has 1 aliphatic rings. The first-order valence-electron chi connectivity index (χ1n) is 10.1. The van der Waals surface area contributed by atoms with Crippen LogP contribution >= 0.6 is 0 Å². The van der Waals surface area contributed by atoms with E-state index in [0.717, 1.165) is 53.4 Å². The molecule has 0 N–H and O–H groups in total. The van der Waals surface area contributed by atoms with Crippen LogP contribution in [0.1, 0.15) is 18.1 Å². The maximum absolute atomic E-state index is 5.57. The lowest BCUT2D eigenvalue weighted by Crippen LogP contribution is -2.31. The second-order valence-corrected chi connectivity index (χ2v) is 7.29. The SMILES string of the molecule is CCOc1ccc(-c2nc(N3CCc4ccccc4C3)c3ccccc3n2)cc1. The number of rotatable bonds is 4. The Morgan fingerprint density at radius 1 is 0.862 bits per heavy atom. The molecule has 4 heteroatoms. The topological polar surface area (TPSA) is 38.2 Å². The van der Waals surface area contributed by atoms with Gasteiger partial charge in [0.2, 0.25) is 0 Å². The average molecular weight is 381 g/mol. The van der Waals surface area contributed by atoms with E-state index in [1.807, 2.05) is 37.3 Å². The zero-order valence-electron chi connectivity index (χ0n) is 16.5. The number of aromatic nitrogens is 2. The van der Waals surface area contributed by atoms with E-state index in [1.165, 1.54) is 11.1 Å². The Morgan fingerprint density at radius 2 is 1.62 bits per heavy atom. The molecule has 0 saturated heterocycles. The molecule has 0 radical (unpaired) electrons. The van der Waals surface area contributed by atoms with Crippen LogP contribution < -0.4 is 9.64 Å². The first-order chi connectivity index (χ1) is 14.3. The number of ether oxygens (including phenoxy) is 1. The van der Waals surface area contributed by atoms with E-state index in [1.54, 1.807) is 0 Å². The Hall–Kier alpha value is -3.40. The summed E-state index contributed by atoms with van der Waals surface area (Å²) in [7, 11) is 0. The molecule has 0 aliphatic carbocycles. The van der Waals surface area contributed by atoms with Crippen molar-refractivity contribution in [2.75, 3.05) is 18.1 Å². The fourth-order valence-corrected chi connectivity index (χ4v) is 3.97. The van der Waals surface area contributed by atoms with Gasteiger partial charge in [0.15, 0.2) is 5.82 Å². The largest absolute Gasteiger partial charge is 0.494 e. The lowest BCUT2D eigenvalue weighted by Gasteiger charge is -2.30. The predicted molar refractivity (Wildman–Crippen MR) is 117 cm³/mol. The molecule has 0 atom stereocenters. The van der Waals surface area contributed by atoms with Gasteiger partial charge >= 0.3 is 0 Å². The lowest BCUT2D eigenvalue weighted by atomic mass is 9.99. The maximum Gasteiger partial charge on any atom is 0.162 e. The Bertz CT molecular complexity index is 1150. The minimum Gasteiger partial charge on any atom is -0.494 e. The summed E-state index contributed by atoms with van der Waals surface area (Å²) < 4.78 is 5.57. The van der Waals surface area contributed by atoms with Gasteiger partial charge in [0.05, 0.1) is 12.1 Å². The highest BCUT2D eigenvalue weighted by molar-refractivity contribution is 5.91. The summed E-state index contributed by atoms with van der Waals surface area (Å²) in [6.07, 6.45) is 1.03. The van der Waals surface area contributed by atoms with E-state index >= 15 is 0 Å². The fraction of sp³-hybridized carbons (Fsp3) is 0.200. The van der Waals surface area contributed by atoms with Gasteiger partial charge in [-0.1, -0.05) is 36.4 Å². The van der Waals surface area contributed by atoms with Crippen molar-refractivity contribution < 1.29 is 4.74 Å². The number of fused-ring (bicyclic) bond motifs is 2. The van der Waals surface area contributed by atoms with Crippen molar-refractivity contribution in [2.45, 2.75) is 19.9 Å². The summed E-state index contributed by atoms with van der Waals surface area (Å²) in [5.41, 5.74) is 4.79. The van der Waals surface area contributed by atoms with E-state index in [0.29, 0.717) is 6.61 Å². The second kappa shape index (κ2) is 7.55. The molecule has 3 aromatic carbocycles. The van der Waals surface area contributed by atoms with Crippen LogP contribution in [0.4, 0.5) is 5.82 Å². The van der Waals surface area contributed by atoms with Crippen LogP contribution in [-0.4, -0.2) is 23.1 Å². The maximum atomic E-state index is 5.57. The molecule has 2 heterocycles. The molecule has 1 aromatic heterocycles. The number of nitrogens with zero attached hydrogens (tertiary/aromatic N) is 3. The molecule has 5 rings (SSSR count). The Morgan fingerprint density at radius 3 is 2.45 bits per heavy atom. The van der Waals surface area contributed by atoms with Crippen molar-refractivity contribution in [1.82, 2.24) is 9.97 Å². The molecular weight excluding hydrogens is 358 g/mol. The van der Waals surface area contributed by atoms with Gasteiger partial charge in [0.1, 0.15) is 11.6 Å². The highest BCUT2D eigenvalue weighted by Gasteiger charge is 2.20. The van der Waals surface area contributed by atoms with Crippen molar-refractivity contribution in [1.29, 1.82) is 0 Å². The van der Waals surface area contributed by atoms with Gasteiger partial charge < -0.3 is 9.64 Å². The summed E-state index contributed by atoms with van der Waals surface area (Å²) >= 11 is 0. The van der Waals surface area contributed by atoms with E-state index in [2.05, 4.69) is 47.4 Å². The van der Waals surface area contributed by atoms with E-state index in [4.69, 9.17) is 14.7 Å². The summed E-state index contributed by atoms with van der Waals surface area (Å²) in [5.74, 6) is 2.62. The Labute approximate surface area is 170 Å². The van der Waals surface area contributed by atoms with Crippen LogP contribution in [0.5, 0.6) is 5.75 Å². The van der Waals surface area contributed by atoms with Crippen molar-refractivity contribution in [3.05, 3.63) is 83.9 Å². The summed E-state index contributed by atoms with van der Waals surface area (Å²) in [6.45, 7) is 4.48. The molecule has 0 saturated carbocycles. The van der Waals surface area contributed by atoms with Crippen LogP contribution in [0.3, 0.4) is 0 Å². The van der Waals surface area contributed by atoms with Crippen LogP contribution in [0.2, 0.25) is 0 Å². The van der Waals surface area contributed by atoms with Crippen LogP contribution in [0.25, 0.3) is 22.3 Å². The summed E-state index contributed by atoms with van der Waals surface area (Å²) in [5, 5.41) is 1.10. The molecule has 29 heavy (non-hydrogen) atoms. The minimum atomic E-state index is 0.659. The molecule has 0 amide bonds. The zero-order chi connectivity index (χ0) is 19.6. The first-order valence-corrected chi connectivity index (χ1v) is 10.1. The molecule has 0 bridgehead atoms. The molecule has 144 valence electrons. The van der Waals surface area contributed by atoms with Crippen LogP contribution in [-0.2, 0) is 13.0 Å². The smallest absolute Gasteiger partial charge is 0.162 e. The van der Waals surface area contributed by atoms with Crippen LogP contribution in [0, 0.1) is 0 Å². The van der Waals surface area contributed by atoms with E-state index in [9.17, 15) is 0 Å². The Balaban J connectivity index is 1.58. The highest BCUT2D eigenvalue weighted by Crippen LogP contribution is 2.31. The zero-order valence-corrected chi connectivity index (χ0v) is 16.5. The van der Waals surface area contributed by atoms with Gasteiger partial charge in [-0.15, -0.1) is 0 Å². The molecule has 0 unspecified atom stereocenters. The number of hydrogen-bond acceptors (Lipinski definition) is 4. The number of hydrogen-bond donors (Lipinski definition) is 0. The van der Waals surface area contributed by atoms with Gasteiger partial charge in [-0.05, 0) is 60.9 Å². The molecule has 1 aliphatic heterocycles. The van der Waals surface area contributed by atoms with Gasteiger partial charge in [-0.2, -0.15) is 0 Å². The summed E-state index contributed by atoms with van der Waals surface area (Å²) in [4.78, 5) is 12.2. The molecular formula is C25H23N3O. The minimum absolute atomic E-state index is 0.659. The first kappa shape index (κ1) is 17.7. The van der Waals surface area contributed by atoms with Crippen molar-refractivity contribution >= 4 is 16.7 Å². The molecule has 0 spiro atoms. The lowest BCUT2D eigenvalue weighted by molar-refractivity contribution is 0.340. The third-order valence-corrected chi connectivity index (χ3v) is 5.44. The molecule has 0 fully saturated rings. The van der Waals surface area contributed by atoms with Gasteiger partial charge in [0.25, 0.3) is 0 Å². The third kappa shape index (κ3) is 3.42. The van der Waals surface area contributed by atoms with E-state index in [-0.39, 0.29) is 0 Å². The number of para-hydroxylation sites is 1. The van der Waals surface area contributed by atoms with Crippen LogP contribution in [0.15, 0.2) is 72.8 Å². The van der Waals surface area contributed by atoms with Crippen molar-refractivity contribution in [3.8, 4) is 17.1 Å². The van der Waals surface area contributed by atoms with Gasteiger partial charge in [-0.25, -0.2) is 9.97 Å². The highest BCUT2D eigenvalue weighted by atomic mass is 16.5. The van der Waals surface area contributed by atoms with Gasteiger partial charge in [-0.3, -0.25) is 0 Å². The molecule has 4 nitrogen and oxygen atoms in total. The Kier molecular flexibility index (Phi) is 4.60.